The van der Waals surface area contributed by atoms with Gasteiger partial charge in [0.2, 0.25) is 0 Å². The zero-order valence-corrected chi connectivity index (χ0v) is 20.5. The number of hydrogen-bond donors (Lipinski definition) is 2. The maximum atomic E-state index is 12.7. The maximum absolute atomic E-state index is 12.7. The smallest absolute Gasteiger partial charge is 0.353 e. The van der Waals surface area contributed by atoms with Crippen molar-refractivity contribution in [1.82, 2.24) is 19.5 Å². The summed E-state index contributed by atoms with van der Waals surface area (Å²) in [4.78, 5) is 22.8. The van der Waals surface area contributed by atoms with E-state index in [0.29, 0.717) is 41.6 Å². The molecule has 0 amide bonds. The average molecular weight is 512 g/mol. The zero-order valence-electron chi connectivity index (χ0n) is 18.0. The van der Waals surface area contributed by atoms with Gasteiger partial charge >= 0.3 is 7.60 Å². The highest BCUT2D eigenvalue weighted by molar-refractivity contribution is 8.76. The molecule has 0 bridgehead atoms. The molecule has 13 heteroatoms. The van der Waals surface area contributed by atoms with E-state index in [1.807, 2.05) is 30.3 Å². The third-order valence-corrected chi connectivity index (χ3v) is 8.46. The van der Waals surface area contributed by atoms with Crippen molar-refractivity contribution in [1.29, 1.82) is 0 Å². The summed E-state index contributed by atoms with van der Waals surface area (Å²) in [5, 5.41) is 0. The van der Waals surface area contributed by atoms with Crippen molar-refractivity contribution in [3.05, 3.63) is 48.5 Å². The molecule has 2 aromatic heterocycles. The lowest BCUT2D eigenvalue weighted by Crippen LogP contribution is -2.37. The van der Waals surface area contributed by atoms with E-state index in [1.165, 1.54) is 6.33 Å². The van der Waals surface area contributed by atoms with Gasteiger partial charge in [0.15, 0.2) is 11.5 Å². The van der Waals surface area contributed by atoms with Crippen LogP contribution < -0.4 is 5.73 Å². The number of hydrogen-bond acceptors (Lipinski definition) is 10. The Balaban J connectivity index is 1.29. The Bertz CT molecular complexity index is 1100. The second kappa shape index (κ2) is 11.2. The number of ether oxygens (including phenoxy) is 2. The summed E-state index contributed by atoms with van der Waals surface area (Å²) in [7, 11) is -0.713. The second-order valence-electron chi connectivity index (χ2n) is 7.62. The van der Waals surface area contributed by atoms with Crippen LogP contribution in [-0.4, -0.2) is 60.6 Å². The number of nitrogen functional groups attached to an aromatic ring is 1. The van der Waals surface area contributed by atoms with Crippen molar-refractivity contribution < 1.29 is 23.5 Å². The van der Waals surface area contributed by atoms with Gasteiger partial charge in [0.05, 0.1) is 31.7 Å². The monoisotopic (exact) mass is 511 g/mol. The van der Waals surface area contributed by atoms with E-state index in [-0.39, 0.29) is 12.2 Å². The fourth-order valence-electron chi connectivity index (χ4n) is 3.30. The molecule has 33 heavy (non-hydrogen) atoms. The number of aromatic nitrogens is 4. The number of rotatable bonds is 10. The number of imidazole rings is 1. The van der Waals surface area contributed by atoms with Crippen molar-refractivity contribution in [3.63, 3.8) is 0 Å². The van der Waals surface area contributed by atoms with E-state index in [4.69, 9.17) is 19.7 Å². The molecule has 0 spiro atoms. The molecule has 1 aliphatic heterocycles. The van der Waals surface area contributed by atoms with Crippen LogP contribution >= 0.6 is 29.2 Å². The van der Waals surface area contributed by atoms with Gasteiger partial charge in [-0.3, -0.25) is 4.57 Å². The fraction of sp³-hybridized carbons (Fsp3) is 0.450. The molecular weight excluding hydrogens is 485 g/mol. The molecule has 4 rings (SSSR count). The topological polar surface area (TPSA) is 135 Å². The Morgan fingerprint density at radius 1 is 1.21 bits per heavy atom. The first kappa shape index (κ1) is 24.5. The van der Waals surface area contributed by atoms with Gasteiger partial charge in [-0.15, -0.1) is 0 Å². The highest BCUT2D eigenvalue weighted by Gasteiger charge is 2.34. The molecule has 1 saturated heterocycles. The third kappa shape index (κ3) is 6.69. The molecule has 0 saturated carbocycles. The summed E-state index contributed by atoms with van der Waals surface area (Å²) in [5.74, 6) is 1.54. The number of nitrogens with two attached hydrogens (primary N) is 1. The first-order chi connectivity index (χ1) is 15.9. The summed E-state index contributed by atoms with van der Waals surface area (Å²) in [6.45, 7) is 2.60. The summed E-state index contributed by atoms with van der Waals surface area (Å²) in [6, 6.07) is 9.82. The highest BCUT2D eigenvalue weighted by Crippen LogP contribution is 2.47. The lowest BCUT2D eigenvalue weighted by atomic mass is 10.2. The van der Waals surface area contributed by atoms with E-state index >= 15 is 0 Å². The second-order valence-corrected chi connectivity index (χ2v) is 11.9. The van der Waals surface area contributed by atoms with Crippen molar-refractivity contribution in [2.24, 2.45) is 0 Å². The predicted molar refractivity (Wildman–Crippen MR) is 130 cm³/mol. The molecule has 178 valence electrons. The van der Waals surface area contributed by atoms with Crippen LogP contribution in [0, 0.1) is 0 Å². The van der Waals surface area contributed by atoms with Crippen LogP contribution in [-0.2, 0) is 31.7 Å². The summed E-state index contributed by atoms with van der Waals surface area (Å²) in [6.07, 6.45) is 1.38. The quantitative estimate of drug-likeness (QED) is 0.306. The first-order valence-electron chi connectivity index (χ1n) is 10.3. The summed E-state index contributed by atoms with van der Waals surface area (Å²) in [5.41, 5.74) is 7.95. The minimum Gasteiger partial charge on any atom is -0.382 e. The Hall–Kier alpha value is -1.66. The normalized spacial score (nSPS) is 21.6. The Morgan fingerprint density at radius 3 is 2.76 bits per heavy atom. The van der Waals surface area contributed by atoms with Crippen molar-refractivity contribution in [2.75, 3.05) is 23.6 Å². The van der Waals surface area contributed by atoms with Gasteiger partial charge in [-0.05, 0) is 12.5 Å². The minimum absolute atomic E-state index is 0.281. The molecular formula is C20H26N5O5PS2. The van der Waals surface area contributed by atoms with Crippen LogP contribution in [0.15, 0.2) is 43.0 Å². The van der Waals surface area contributed by atoms with Gasteiger partial charge in [-0.25, -0.2) is 15.0 Å². The molecule has 2 unspecified atom stereocenters. The molecule has 10 nitrogen and oxygen atoms in total. The van der Waals surface area contributed by atoms with Gasteiger partial charge in [0.1, 0.15) is 24.3 Å². The van der Waals surface area contributed by atoms with Crippen molar-refractivity contribution >= 4 is 46.2 Å². The van der Waals surface area contributed by atoms with Crippen LogP contribution in [0.25, 0.3) is 11.2 Å². The number of anilines is 1. The van der Waals surface area contributed by atoms with E-state index in [0.717, 1.165) is 5.56 Å². The number of nitrogens with zero attached hydrogens (tertiary/aromatic N) is 4. The Kier molecular flexibility index (Phi) is 8.29. The molecule has 1 fully saturated rings. The van der Waals surface area contributed by atoms with Gasteiger partial charge in [0.25, 0.3) is 0 Å². The van der Waals surface area contributed by atoms with E-state index < -0.39 is 20.0 Å². The zero-order chi connectivity index (χ0) is 23.3. The molecule has 0 aliphatic carbocycles. The molecule has 3 N–H and O–H groups in total. The number of fused-ring (bicyclic) bond motifs is 1. The molecule has 1 aromatic carbocycles. The first-order valence-corrected chi connectivity index (χ1v) is 14.6. The molecule has 3 aromatic rings. The predicted octanol–water partition coefficient (Wildman–Crippen LogP) is 3.32. The van der Waals surface area contributed by atoms with Crippen LogP contribution in [0.2, 0.25) is 0 Å². The fourth-order valence-corrected chi connectivity index (χ4v) is 6.98. The van der Waals surface area contributed by atoms with Crippen LogP contribution in [0.4, 0.5) is 5.82 Å². The van der Waals surface area contributed by atoms with Crippen LogP contribution in [0.5, 0.6) is 0 Å². The molecule has 3 heterocycles. The standard InChI is InChI=1S/C20H26N5O5PS2/c1-14(7-25-12-24-18-19(21)22-11-23-20(18)25)29-13-31(26,27)30-17-10-33-32-9-16(17)28-8-15-5-3-2-4-6-15/h2-6,11-12,14,16-17H,7-10,13H2,1H3,(H,26,27)(H2,21,22,23)/t14-,16+,17?/m1/s1. The number of benzene rings is 1. The Labute approximate surface area is 199 Å². The van der Waals surface area contributed by atoms with E-state index in [2.05, 4.69) is 15.0 Å². The van der Waals surface area contributed by atoms with Crippen LogP contribution in [0.3, 0.4) is 0 Å². The van der Waals surface area contributed by atoms with E-state index in [9.17, 15) is 9.46 Å². The lowest BCUT2D eigenvalue weighted by Gasteiger charge is -2.31. The summed E-state index contributed by atoms with van der Waals surface area (Å²) >= 11 is 0. The molecule has 4 atom stereocenters. The van der Waals surface area contributed by atoms with Gasteiger partial charge in [-0.2, -0.15) is 0 Å². The minimum atomic E-state index is -3.99. The lowest BCUT2D eigenvalue weighted by molar-refractivity contribution is -0.0200. The van der Waals surface area contributed by atoms with E-state index in [1.54, 1.807) is 39.4 Å². The van der Waals surface area contributed by atoms with Gasteiger partial charge in [0, 0.05) is 11.5 Å². The van der Waals surface area contributed by atoms with Crippen LogP contribution in [0.1, 0.15) is 12.5 Å². The molecule has 0 radical (unpaired) electrons. The van der Waals surface area contributed by atoms with Gasteiger partial charge in [-0.1, -0.05) is 51.9 Å². The van der Waals surface area contributed by atoms with Crippen molar-refractivity contribution in [2.45, 2.75) is 38.4 Å². The largest absolute Gasteiger partial charge is 0.382 e. The Morgan fingerprint density at radius 2 is 1.97 bits per heavy atom. The SMILES string of the molecule is C[C@H](Cn1cnc2c(N)ncnc21)OCP(=O)(O)OC1CSSC[C@@H]1OCc1ccccc1. The van der Waals surface area contributed by atoms with Crippen molar-refractivity contribution in [3.8, 4) is 0 Å². The molecule has 1 aliphatic rings. The maximum Gasteiger partial charge on any atom is 0.353 e. The highest BCUT2D eigenvalue weighted by atomic mass is 33.1. The van der Waals surface area contributed by atoms with Gasteiger partial charge < -0.3 is 29.2 Å². The summed E-state index contributed by atoms with van der Waals surface area (Å²) < 4.78 is 31.8. The third-order valence-electron chi connectivity index (χ3n) is 4.98. The average Bonchev–Trinajstić information content (AvgIpc) is 3.22.